The number of fused-ring (bicyclic) bond motifs is 1. The number of H-pyrrole nitrogens is 1. The van der Waals surface area contributed by atoms with Gasteiger partial charge in [-0.1, -0.05) is 18.2 Å². The second-order valence-corrected chi connectivity index (χ2v) is 5.10. The maximum absolute atomic E-state index is 11.9. The molecule has 0 aliphatic rings. The number of nitrogens with two attached hydrogens (primary N) is 1. The molecule has 3 aromatic rings. The minimum Gasteiger partial charge on any atom is -0.377 e. The van der Waals surface area contributed by atoms with E-state index in [0.717, 1.165) is 11.3 Å². The SMILES string of the molecule is Cc1ccccc1NC(C)c1cnc2nc(N)[nH]c(=O)c2n1. The van der Waals surface area contributed by atoms with Crippen LogP contribution in [-0.4, -0.2) is 19.9 Å². The van der Waals surface area contributed by atoms with Gasteiger partial charge in [-0.05, 0) is 25.5 Å². The highest BCUT2D eigenvalue weighted by Gasteiger charge is 2.12. The highest BCUT2D eigenvalue weighted by Crippen LogP contribution is 2.20. The van der Waals surface area contributed by atoms with Crippen molar-refractivity contribution < 1.29 is 0 Å². The molecule has 3 rings (SSSR count). The Morgan fingerprint density at radius 1 is 1.27 bits per heavy atom. The zero-order valence-corrected chi connectivity index (χ0v) is 12.3. The first kappa shape index (κ1) is 14.0. The molecule has 1 atom stereocenters. The second-order valence-electron chi connectivity index (χ2n) is 5.10. The zero-order valence-electron chi connectivity index (χ0n) is 12.3. The van der Waals surface area contributed by atoms with Gasteiger partial charge >= 0.3 is 0 Å². The van der Waals surface area contributed by atoms with Crippen LogP contribution in [0.1, 0.15) is 24.2 Å². The summed E-state index contributed by atoms with van der Waals surface area (Å²) >= 11 is 0. The minimum atomic E-state index is -0.389. The van der Waals surface area contributed by atoms with E-state index in [2.05, 4.69) is 25.3 Å². The van der Waals surface area contributed by atoms with Gasteiger partial charge in [0.15, 0.2) is 11.2 Å². The third-order valence-electron chi connectivity index (χ3n) is 3.42. The van der Waals surface area contributed by atoms with Crippen LogP contribution >= 0.6 is 0 Å². The van der Waals surface area contributed by atoms with E-state index in [1.54, 1.807) is 6.20 Å². The molecule has 2 heterocycles. The Balaban J connectivity index is 1.96. The van der Waals surface area contributed by atoms with Gasteiger partial charge in [-0.15, -0.1) is 0 Å². The largest absolute Gasteiger partial charge is 0.377 e. The number of benzene rings is 1. The predicted octanol–water partition coefficient (Wildman–Crippen LogP) is 1.78. The second kappa shape index (κ2) is 5.44. The van der Waals surface area contributed by atoms with Crippen molar-refractivity contribution in [2.24, 2.45) is 0 Å². The lowest BCUT2D eigenvalue weighted by molar-refractivity contribution is 0.833. The lowest BCUT2D eigenvalue weighted by Gasteiger charge is -2.16. The van der Waals surface area contributed by atoms with Crippen molar-refractivity contribution in [3.05, 3.63) is 52.1 Å². The minimum absolute atomic E-state index is 0.0330. The molecule has 112 valence electrons. The summed E-state index contributed by atoms with van der Waals surface area (Å²) in [5, 5.41) is 3.36. The van der Waals surface area contributed by atoms with Gasteiger partial charge in [-0.3, -0.25) is 9.78 Å². The molecule has 0 aliphatic heterocycles. The summed E-state index contributed by atoms with van der Waals surface area (Å²) in [5.74, 6) is 0.0330. The van der Waals surface area contributed by atoms with E-state index in [0.29, 0.717) is 5.69 Å². The van der Waals surface area contributed by atoms with Crippen molar-refractivity contribution in [2.45, 2.75) is 19.9 Å². The molecule has 0 bridgehead atoms. The number of aryl methyl sites for hydroxylation is 1. The molecule has 0 aliphatic carbocycles. The molecule has 4 N–H and O–H groups in total. The van der Waals surface area contributed by atoms with Crippen LogP contribution in [0.5, 0.6) is 0 Å². The van der Waals surface area contributed by atoms with E-state index >= 15 is 0 Å². The fourth-order valence-corrected chi connectivity index (χ4v) is 2.20. The van der Waals surface area contributed by atoms with Crippen LogP contribution in [0.2, 0.25) is 0 Å². The average Bonchev–Trinajstić information content (AvgIpc) is 2.49. The highest BCUT2D eigenvalue weighted by molar-refractivity contribution is 5.69. The summed E-state index contributed by atoms with van der Waals surface area (Å²) in [6, 6.07) is 7.87. The Kier molecular flexibility index (Phi) is 3.46. The summed E-state index contributed by atoms with van der Waals surface area (Å²) in [4.78, 5) is 26.8. The maximum atomic E-state index is 11.9. The van der Waals surface area contributed by atoms with Crippen molar-refractivity contribution in [1.82, 2.24) is 19.9 Å². The smallest absolute Gasteiger partial charge is 0.280 e. The number of para-hydroxylation sites is 1. The van der Waals surface area contributed by atoms with Gasteiger partial charge in [0.05, 0.1) is 17.9 Å². The number of nitrogens with one attached hydrogen (secondary N) is 2. The van der Waals surface area contributed by atoms with Crippen molar-refractivity contribution >= 4 is 22.8 Å². The Morgan fingerprint density at radius 2 is 2.05 bits per heavy atom. The van der Waals surface area contributed by atoms with E-state index in [1.807, 2.05) is 38.1 Å². The highest BCUT2D eigenvalue weighted by atomic mass is 16.1. The molecule has 0 amide bonds. The molecule has 2 aromatic heterocycles. The van der Waals surface area contributed by atoms with Crippen molar-refractivity contribution in [1.29, 1.82) is 0 Å². The summed E-state index contributed by atoms with van der Waals surface area (Å²) < 4.78 is 0. The maximum Gasteiger partial charge on any atom is 0.280 e. The Labute approximate surface area is 126 Å². The lowest BCUT2D eigenvalue weighted by Crippen LogP contribution is -2.16. The molecule has 7 heteroatoms. The quantitative estimate of drug-likeness (QED) is 0.679. The Bertz CT molecular complexity index is 889. The Hall–Kier alpha value is -2.96. The van der Waals surface area contributed by atoms with Crippen LogP contribution in [0.3, 0.4) is 0 Å². The van der Waals surface area contributed by atoms with Gasteiger partial charge in [-0.2, -0.15) is 4.98 Å². The van der Waals surface area contributed by atoms with E-state index in [4.69, 9.17) is 5.73 Å². The molecular formula is C15H16N6O. The first-order valence-electron chi connectivity index (χ1n) is 6.89. The van der Waals surface area contributed by atoms with Crippen LogP contribution in [-0.2, 0) is 0 Å². The fourth-order valence-electron chi connectivity index (χ4n) is 2.20. The summed E-state index contributed by atoms with van der Waals surface area (Å²) in [5.41, 5.74) is 8.34. The van der Waals surface area contributed by atoms with Crippen molar-refractivity contribution in [3.63, 3.8) is 0 Å². The van der Waals surface area contributed by atoms with E-state index in [-0.39, 0.29) is 28.7 Å². The molecule has 1 aromatic carbocycles. The number of nitrogen functional groups attached to an aromatic ring is 1. The van der Waals surface area contributed by atoms with E-state index in [1.165, 1.54) is 0 Å². The van der Waals surface area contributed by atoms with Gasteiger partial charge < -0.3 is 11.1 Å². The number of nitrogens with zero attached hydrogens (tertiary/aromatic N) is 3. The van der Waals surface area contributed by atoms with Gasteiger partial charge in [0, 0.05) is 5.69 Å². The molecule has 22 heavy (non-hydrogen) atoms. The van der Waals surface area contributed by atoms with Crippen LogP contribution in [0.15, 0.2) is 35.3 Å². The van der Waals surface area contributed by atoms with Gasteiger partial charge in [0.25, 0.3) is 5.56 Å². The number of hydrogen-bond acceptors (Lipinski definition) is 6. The van der Waals surface area contributed by atoms with Crippen LogP contribution in [0.25, 0.3) is 11.2 Å². The van der Waals surface area contributed by atoms with Gasteiger partial charge in [0.1, 0.15) is 0 Å². The first-order chi connectivity index (χ1) is 10.5. The predicted molar refractivity (Wildman–Crippen MR) is 85.6 cm³/mol. The molecule has 0 saturated carbocycles. The molecule has 0 radical (unpaired) electrons. The number of rotatable bonds is 3. The van der Waals surface area contributed by atoms with Gasteiger partial charge in [-0.25, -0.2) is 9.97 Å². The molecule has 0 saturated heterocycles. The molecular weight excluding hydrogens is 280 g/mol. The van der Waals surface area contributed by atoms with Crippen LogP contribution < -0.4 is 16.6 Å². The summed E-state index contributed by atoms with van der Waals surface area (Å²) in [6.45, 7) is 3.99. The molecule has 0 fully saturated rings. The van der Waals surface area contributed by atoms with Gasteiger partial charge in [0.2, 0.25) is 5.95 Å². The normalized spacial score (nSPS) is 12.3. The number of hydrogen-bond donors (Lipinski definition) is 3. The number of anilines is 2. The van der Waals surface area contributed by atoms with E-state index in [9.17, 15) is 4.79 Å². The van der Waals surface area contributed by atoms with Crippen molar-refractivity contribution in [2.75, 3.05) is 11.1 Å². The third kappa shape index (κ3) is 2.60. The fraction of sp³-hybridized carbons (Fsp3) is 0.200. The standard InChI is InChI=1S/C15H16N6O/c1-8-5-3-4-6-10(8)18-9(2)11-7-17-13-12(19-11)14(22)21-15(16)20-13/h3-7,9,18H,1-2H3,(H3,16,17,20,21,22). The third-order valence-corrected chi connectivity index (χ3v) is 3.42. The Morgan fingerprint density at radius 3 is 2.82 bits per heavy atom. The zero-order chi connectivity index (χ0) is 15.7. The summed E-state index contributed by atoms with van der Waals surface area (Å²) in [6.07, 6.45) is 1.60. The van der Waals surface area contributed by atoms with Crippen LogP contribution in [0, 0.1) is 6.92 Å². The number of aromatic amines is 1. The van der Waals surface area contributed by atoms with Crippen LogP contribution in [0.4, 0.5) is 11.6 Å². The summed E-state index contributed by atoms with van der Waals surface area (Å²) in [7, 11) is 0. The number of aromatic nitrogens is 4. The topological polar surface area (TPSA) is 110 Å². The molecule has 0 spiro atoms. The van der Waals surface area contributed by atoms with Crippen molar-refractivity contribution in [3.8, 4) is 0 Å². The lowest BCUT2D eigenvalue weighted by atomic mass is 10.1. The average molecular weight is 296 g/mol. The molecule has 7 nitrogen and oxygen atoms in total. The monoisotopic (exact) mass is 296 g/mol. The molecule has 1 unspecified atom stereocenters. The first-order valence-corrected chi connectivity index (χ1v) is 6.89. The van der Waals surface area contributed by atoms with E-state index < -0.39 is 0 Å².